The van der Waals surface area contributed by atoms with Gasteiger partial charge in [-0.3, -0.25) is 0 Å². The average molecular weight is 143 g/mol. The van der Waals surface area contributed by atoms with E-state index in [-0.39, 0.29) is 73.5 Å². The van der Waals surface area contributed by atoms with Crippen LogP contribution in [0.4, 0.5) is 0 Å². The van der Waals surface area contributed by atoms with Gasteiger partial charge in [0.25, 0.3) is 0 Å². The zero-order valence-electron chi connectivity index (χ0n) is 1.46. The molecule has 0 N–H and O–H groups in total. The first-order chi connectivity index (χ1) is 0. The smallest absolute Gasteiger partial charge is 1.00 e. The second kappa shape index (κ2) is 19.7. The van der Waals surface area contributed by atoms with Crippen molar-refractivity contribution in [1.29, 1.82) is 0 Å². The van der Waals surface area contributed by atoms with Crippen molar-refractivity contribution in [3.8, 4) is 0 Å². The van der Waals surface area contributed by atoms with Crippen molar-refractivity contribution < 1.29 is 24.8 Å². The van der Waals surface area contributed by atoms with E-state index < -0.39 is 0 Å². The van der Waals surface area contributed by atoms with Crippen LogP contribution in [0.25, 0.3) is 0 Å². The van der Waals surface area contributed by atoms with Crippen LogP contribution in [0.3, 0.4) is 0 Å². The maximum absolute atomic E-state index is 0. The molecule has 0 radical (unpaired) electrons. The summed E-state index contributed by atoms with van der Waals surface area (Å²) >= 11 is 0. The van der Waals surface area contributed by atoms with Crippen LogP contribution in [0.5, 0.6) is 0 Å². The molecule has 0 aromatic heterocycles. The quantitative estimate of drug-likeness (QED) is 0.295. The van der Waals surface area contributed by atoms with E-state index in [1.54, 1.807) is 0 Å². The Morgan fingerprint density at radius 2 is 0.750 bits per heavy atom. The molecule has 0 saturated carbocycles. The predicted molar refractivity (Wildman–Crippen MR) is 17.1 cm³/mol. The Hall–Kier alpha value is 2.06. The Bertz CT molecular complexity index is 6.00. The van der Waals surface area contributed by atoms with Gasteiger partial charge < -0.3 is 24.8 Å². The maximum Gasteiger partial charge on any atom is 2.00 e. The molecule has 0 aliphatic rings. The van der Waals surface area contributed by atoms with Crippen molar-refractivity contribution in [2.75, 3.05) is 0 Å². The van der Waals surface area contributed by atoms with Crippen LogP contribution in [-0.4, -0.2) is 48.7 Å². The molecule has 0 aromatic carbocycles. The molecule has 0 amide bonds. The molecule has 0 heterocycles. The van der Waals surface area contributed by atoms with Crippen LogP contribution in [0.15, 0.2) is 0 Å². The van der Waals surface area contributed by atoms with Gasteiger partial charge in [-0.15, -0.1) is 0 Å². The first kappa shape index (κ1) is 36.6. The molecular formula is H4CaCl2Si. The molecule has 4 heteroatoms. The van der Waals surface area contributed by atoms with E-state index in [0.717, 1.165) is 0 Å². The minimum Gasteiger partial charge on any atom is -1.00 e. The molecule has 0 spiro atoms. The number of hydrogen-bond acceptors (Lipinski definition) is 0. The zero-order valence-corrected chi connectivity index (χ0v) is 5.18. The van der Waals surface area contributed by atoms with Crippen LogP contribution >= 0.6 is 0 Å². The van der Waals surface area contributed by atoms with Crippen molar-refractivity contribution in [3.63, 3.8) is 0 Å². The molecule has 0 aliphatic heterocycles. The van der Waals surface area contributed by atoms with Crippen molar-refractivity contribution in [1.82, 2.24) is 0 Å². The Morgan fingerprint density at radius 1 is 0.750 bits per heavy atom. The van der Waals surface area contributed by atoms with E-state index >= 15 is 0 Å². The van der Waals surface area contributed by atoms with Crippen LogP contribution in [0.1, 0.15) is 0 Å². The second-order valence-corrected chi connectivity index (χ2v) is 0. The van der Waals surface area contributed by atoms with Crippen LogP contribution in [0.2, 0.25) is 0 Å². The van der Waals surface area contributed by atoms with Gasteiger partial charge in [0.1, 0.15) is 0 Å². The first-order valence-electron chi connectivity index (χ1n) is 0. The maximum atomic E-state index is 0. The zero-order chi connectivity index (χ0) is 0. The van der Waals surface area contributed by atoms with Gasteiger partial charge in [-0.05, 0) is 11.0 Å². The summed E-state index contributed by atoms with van der Waals surface area (Å²) in [6, 6.07) is 0. The van der Waals surface area contributed by atoms with Gasteiger partial charge >= 0.3 is 37.7 Å². The summed E-state index contributed by atoms with van der Waals surface area (Å²) in [5.41, 5.74) is 0. The molecule has 0 aliphatic carbocycles. The summed E-state index contributed by atoms with van der Waals surface area (Å²) in [6.45, 7) is 0. The topological polar surface area (TPSA) is 0 Å². The molecule has 0 unspecified atom stereocenters. The van der Waals surface area contributed by atoms with Crippen molar-refractivity contribution in [3.05, 3.63) is 0 Å². The monoisotopic (exact) mass is 142 g/mol. The third kappa shape index (κ3) is 8.96. The molecule has 0 nitrogen and oxygen atoms in total. The summed E-state index contributed by atoms with van der Waals surface area (Å²) in [5, 5.41) is 0. The van der Waals surface area contributed by atoms with E-state index in [1.807, 2.05) is 0 Å². The molecule has 0 atom stereocenters. The Labute approximate surface area is 72.6 Å². The molecule has 0 saturated heterocycles. The number of halogens is 2. The van der Waals surface area contributed by atoms with Gasteiger partial charge in [0.05, 0.1) is 0 Å². The Balaban J connectivity index is 0. The molecule has 0 aromatic rings. The Kier molecular flexibility index (Phi) is 180. The molecule has 0 rings (SSSR count). The number of rotatable bonds is 0. The summed E-state index contributed by atoms with van der Waals surface area (Å²) in [4.78, 5) is 0. The van der Waals surface area contributed by atoms with E-state index in [4.69, 9.17) is 0 Å². The normalized spacial score (nSPS) is 0. The van der Waals surface area contributed by atoms with Crippen molar-refractivity contribution in [2.24, 2.45) is 0 Å². The van der Waals surface area contributed by atoms with Crippen LogP contribution < -0.4 is 24.8 Å². The summed E-state index contributed by atoms with van der Waals surface area (Å²) < 4.78 is 0. The average Bonchev–Trinajstić information content (AvgIpc) is 0. The third-order valence-corrected chi connectivity index (χ3v) is 0. The van der Waals surface area contributed by atoms with Crippen molar-refractivity contribution >= 4 is 48.7 Å². The standard InChI is InChI=1S/Ca.2ClH.H4Si/h;2*1H;1H4/q+2;;;/p-2. The van der Waals surface area contributed by atoms with Gasteiger partial charge in [-0.2, -0.15) is 0 Å². The van der Waals surface area contributed by atoms with Gasteiger partial charge in [0, 0.05) is 0 Å². The largest absolute Gasteiger partial charge is 2.00 e. The first-order valence-corrected chi connectivity index (χ1v) is 0. The van der Waals surface area contributed by atoms with E-state index in [9.17, 15) is 0 Å². The fraction of sp³-hybridized carbons (Fsp3) is 0. The summed E-state index contributed by atoms with van der Waals surface area (Å²) in [6.07, 6.45) is 0. The van der Waals surface area contributed by atoms with Gasteiger partial charge in [-0.1, -0.05) is 0 Å². The van der Waals surface area contributed by atoms with Crippen LogP contribution in [-0.2, 0) is 0 Å². The molecule has 0 bridgehead atoms. The van der Waals surface area contributed by atoms with Gasteiger partial charge in [0.2, 0.25) is 0 Å². The Morgan fingerprint density at radius 3 is 0.750 bits per heavy atom. The predicted octanol–water partition coefficient (Wildman–Crippen LogP) is -7.82. The fourth-order valence-corrected chi connectivity index (χ4v) is 0. The minimum atomic E-state index is 0. The van der Waals surface area contributed by atoms with Crippen LogP contribution in [0, 0.1) is 0 Å². The third-order valence-electron chi connectivity index (χ3n) is 0. The second-order valence-electron chi connectivity index (χ2n) is 0. The summed E-state index contributed by atoms with van der Waals surface area (Å²) in [7, 11) is 0. The molecule has 24 valence electrons. The fourth-order valence-electron chi connectivity index (χ4n) is 0. The van der Waals surface area contributed by atoms with E-state index in [2.05, 4.69) is 0 Å². The molecule has 4 heavy (non-hydrogen) atoms. The van der Waals surface area contributed by atoms with Crippen molar-refractivity contribution in [2.45, 2.75) is 0 Å². The van der Waals surface area contributed by atoms with Gasteiger partial charge in [-0.25, -0.2) is 0 Å². The summed E-state index contributed by atoms with van der Waals surface area (Å²) in [5.74, 6) is 0. The molecular weight excluding hydrogens is 139 g/mol. The van der Waals surface area contributed by atoms with E-state index in [0.29, 0.717) is 0 Å². The molecule has 0 fully saturated rings. The van der Waals surface area contributed by atoms with Gasteiger partial charge in [0.15, 0.2) is 0 Å². The van der Waals surface area contributed by atoms with E-state index in [1.165, 1.54) is 0 Å². The number of hydrogen-bond donors (Lipinski definition) is 0. The SMILES string of the molecule is [Ca+2].[Cl-].[Cl-].[SiH4]. The minimum absolute atomic E-state index is 0.